The van der Waals surface area contributed by atoms with Gasteiger partial charge in [0.15, 0.2) is 0 Å². The molecule has 0 spiro atoms. The average Bonchev–Trinajstić information content (AvgIpc) is 2.47. The fourth-order valence-electron chi connectivity index (χ4n) is 2.76. The minimum Gasteiger partial charge on any atom is -0.508 e. The van der Waals surface area contributed by atoms with Crippen LogP contribution >= 0.6 is 0 Å². The highest BCUT2D eigenvalue weighted by atomic mass is 16.3. The number of rotatable bonds is 7. The number of phenolic OH excluding ortho intramolecular Hbond substituents is 1. The molecule has 0 aliphatic heterocycles. The molecule has 2 aromatic rings. The van der Waals surface area contributed by atoms with E-state index in [1.54, 1.807) is 6.07 Å². The van der Waals surface area contributed by atoms with Crippen LogP contribution in [0, 0.1) is 6.92 Å². The minimum absolute atomic E-state index is 0.345. The first-order valence-electron chi connectivity index (χ1n) is 7.75. The van der Waals surface area contributed by atoms with Crippen molar-refractivity contribution in [2.45, 2.75) is 32.6 Å². The van der Waals surface area contributed by atoms with E-state index in [1.165, 1.54) is 16.7 Å². The second-order valence-electron chi connectivity index (χ2n) is 5.63. The van der Waals surface area contributed by atoms with Gasteiger partial charge in [0.1, 0.15) is 5.75 Å². The van der Waals surface area contributed by atoms with Crippen molar-refractivity contribution in [3.05, 3.63) is 65.2 Å². The smallest absolute Gasteiger partial charge is 0.115 e. The zero-order chi connectivity index (χ0) is 15.1. The number of phenols is 1. The Bertz CT molecular complexity index is 565. The van der Waals surface area contributed by atoms with Crippen molar-refractivity contribution in [3.8, 4) is 5.75 Å². The molecule has 2 heteroatoms. The Morgan fingerprint density at radius 2 is 1.90 bits per heavy atom. The van der Waals surface area contributed by atoms with Crippen LogP contribution in [0.25, 0.3) is 0 Å². The fourth-order valence-corrected chi connectivity index (χ4v) is 2.76. The van der Waals surface area contributed by atoms with Crippen LogP contribution in [0.15, 0.2) is 48.5 Å². The summed E-state index contributed by atoms with van der Waals surface area (Å²) in [6.45, 7) is 6.37. The molecule has 2 nitrogen and oxygen atoms in total. The summed E-state index contributed by atoms with van der Waals surface area (Å²) >= 11 is 0. The molecule has 0 fully saturated rings. The third kappa shape index (κ3) is 4.61. The highest BCUT2D eigenvalue weighted by Gasteiger charge is 2.14. The van der Waals surface area contributed by atoms with E-state index in [0.29, 0.717) is 11.7 Å². The second-order valence-corrected chi connectivity index (χ2v) is 5.63. The summed E-state index contributed by atoms with van der Waals surface area (Å²) in [5.74, 6) is 0.775. The molecule has 0 radical (unpaired) electrons. The zero-order valence-corrected chi connectivity index (χ0v) is 13.0. The van der Waals surface area contributed by atoms with Crippen LogP contribution in [0.2, 0.25) is 0 Å². The van der Waals surface area contributed by atoms with E-state index in [0.717, 1.165) is 25.9 Å². The van der Waals surface area contributed by atoms with E-state index in [-0.39, 0.29) is 0 Å². The molecule has 0 saturated heterocycles. The third-order valence-electron chi connectivity index (χ3n) is 3.84. The number of hydrogen-bond donors (Lipinski definition) is 2. The molecule has 112 valence electrons. The average molecular weight is 283 g/mol. The van der Waals surface area contributed by atoms with E-state index in [1.807, 2.05) is 12.1 Å². The Hall–Kier alpha value is -1.80. The lowest BCUT2D eigenvalue weighted by Gasteiger charge is -2.20. The summed E-state index contributed by atoms with van der Waals surface area (Å²) in [4.78, 5) is 0. The maximum absolute atomic E-state index is 9.65. The van der Waals surface area contributed by atoms with Gasteiger partial charge in [-0.25, -0.2) is 0 Å². The Labute approximate surface area is 127 Å². The van der Waals surface area contributed by atoms with Crippen LogP contribution in [0.5, 0.6) is 5.75 Å². The number of hydrogen-bond acceptors (Lipinski definition) is 2. The first-order chi connectivity index (χ1) is 10.2. The topological polar surface area (TPSA) is 32.3 Å². The molecular formula is C19H25NO. The number of nitrogens with one attached hydrogen (secondary N) is 1. The predicted molar refractivity (Wildman–Crippen MR) is 88.9 cm³/mol. The van der Waals surface area contributed by atoms with Crippen LogP contribution in [-0.4, -0.2) is 18.2 Å². The predicted octanol–water partition coefficient (Wildman–Crippen LogP) is 4.03. The van der Waals surface area contributed by atoms with E-state index in [9.17, 15) is 5.11 Å². The molecular weight excluding hydrogens is 258 g/mol. The molecule has 0 bridgehead atoms. The number of aromatic hydroxyl groups is 1. The summed E-state index contributed by atoms with van der Waals surface area (Å²) in [6.07, 6.45) is 2.09. The second kappa shape index (κ2) is 7.84. The maximum atomic E-state index is 9.65. The van der Waals surface area contributed by atoms with Crippen molar-refractivity contribution in [1.29, 1.82) is 0 Å². The standard InChI is InChI=1S/C19H25NO/c1-3-11-20-14-17(19-10-5-4-7-15(19)2)12-16-8-6-9-18(21)13-16/h4-10,13,17,20-21H,3,11-12,14H2,1-2H3. The largest absolute Gasteiger partial charge is 0.508 e. The summed E-state index contributed by atoms with van der Waals surface area (Å²) in [5, 5.41) is 13.2. The van der Waals surface area contributed by atoms with E-state index in [2.05, 4.69) is 49.5 Å². The monoisotopic (exact) mass is 283 g/mol. The lowest BCUT2D eigenvalue weighted by Crippen LogP contribution is -2.24. The van der Waals surface area contributed by atoms with Gasteiger partial charge in [-0.05, 0) is 55.1 Å². The fraction of sp³-hybridized carbons (Fsp3) is 0.368. The summed E-state index contributed by atoms with van der Waals surface area (Å²) in [6, 6.07) is 16.2. The van der Waals surface area contributed by atoms with Gasteiger partial charge < -0.3 is 10.4 Å². The Balaban J connectivity index is 2.17. The quantitative estimate of drug-likeness (QED) is 0.752. The van der Waals surface area contributed by atoms with Gasteiger partial charge in [0, 0.05) is 12.5 Å². The SMILES string of the molecule is CCCNCC(Cc1cccc(O)c1)c1ccccc1C. The normalized spacial score (nSPS) is 12.3. The lowest BCUT2D eigenvalue weighted by molar-refractivity contribution is 0.474. The summed E-state index contributed by atoms with van der Waals surface area (Å²) < 4.78 is 0. The minimum atomic E-state index is 0.345. The van der Waals surface area contributed by atoms with Crippen molar-refractivity contribution in [3.63, 3.8) is 0 Å². The molecule has 21 heavy (non-hydrogen) atoms. The van der Waals surface area contributed by atoms with Crippen LogP contribution in [0.1, 0.15) is 36.0 Å². The van der Waals surface area contributed by atoms with E-state index < -0.39 is 0 Å². The highest BCUT2D eigenvalue weighted by molar-refractivity contribution is 5.33. The number of aryl methyl sites for hydroxylation is 1. The molecule has 0 heterocycles. The van der Waals surface area contributed by atoms with Crippen LogP contribution in [0.4, 0.5) is 0 Å². The molecule has 1 atom stereocenters. The first-order valence-corrected chi connectivity index (χ1v) is 7.75. The molecule has 2 rings (SSSR count). The summed E-state index contributed by atoms with van der Waals surface area (Å²) in [7, 11) is 0. The van der Waals surface area contributed by atoms with Gasteiger partial charge in [0.2, 0.25) is 0 Å². The van der Waals surface area contributed by atoms with Gasteiger partial charge in [-0.2, -0.15) is 0 Å². The molecule has 0 aliphatic rings. The molecule has 0 aromatic heterocycles. The molecule has 0 amide bonds. The molecule has 2 aromatic carbocycles. The highest BCUT2D eigenvalue weighted by Crippen LogP contribution is 2.24. The van der Waals surface area contributed by atoms with Crippen molar-refractivity contribution in [2.24, 2.45) is 0 Å². The number of benzene rings is 2. The Morgan fingerprint density at radius 1 is 1.10 bits per heavy atom. The summed E-state index contributed by atoms with van der Waals surface area (Å²) in [5.41, 5.74) is 3.91. The van der Waals surface area contributed by atoms with E-state index >= 15 is 0 Å². The van der Waals surface area contributed by atoms with Gasteiger partial charge in [-0.15, -0.1) is 0 Å². The Morgan fingerprint density at radius 3 is 2.62 bits per heavy atom. The van der Waals surface area contributed by atoms with Crippen molar-refractivity contribution in [2.75, 3.05) is 13.1 Å². The maximum Gasteiger partial charge on any atom is 0.115 e. The van der Waals surface area contributed by atoms with Crippen LogP contribution in [0.3, 0.4) is 0 Å². The van der Waals surface area contributed by atoms with Crippen molar-refractivity contribution < 1.29 is 5.11 Å². The van der Waals surface area contributed by atoms with Crippen molar-refractivity contribution >= 4 is 0 Å². The van der Waals surface area contributed by atoms with Crippen LogP contribution in [-0.2, 0) is 6.42 Å². The molecule has 0 aliphatic carbocycles. The molecule has 1 unspecified atom stereocenters. The zero-order valence-electron chi connectivity index (χ0n) is 13.0. The lowest BCUT2D eigenvalue weighted by atomic mass is 9.89. The first kappa shape index (κ1) is 15.6. The van der Waals surface area contributed by atoms with Gasteiger partial charge >= 0.3 is 0 Å². The van der Waals surface area contributed by atoms with Crippen LogP contribution < -0.4 is 5.32 Å². The Kier molecular flexibility index (Phi) is 5.82. The van der Waals surface area contributed by atoms with Crippen molar-refractivity contribution in [1.82, 2.24) is 5.32 Å². The van der Waals surface area contributed by atoms with Gasteiger partial charge in [0.25, 0.3) is 0 Å². The van der Waals surface area contributed by atoms with Gasteiger partial charge in [0.05, 0.1) is 0 Å². The van der Waals surface area contributed by atoms with Gasteiger partial charge in [-0.1, -0.05) is 43.3 Å². The van der Waals surface area contributed by atoms with E-state index in [4.69, 9.17) is 0 Å². The molecule has 2 N–H and O–H groups in total. The third-order valence-corrected chi connectivity index (χ3v) is 3.84. The molecule has 0 saturated carbocycles. The van der Waals surface area contributed by atoms with Gasteiger partial charge in [-0.3, -0.25) is 0 Å².